The van der Waals surface area contributed by atoms with Crippen LogP contribution < -0.4 is 0 Å². The molecule has 0 unspecified atom stereocenters. The Morgan fingerprint density at radius 2 is 0.727 bits per heavy atom. The molecular formula is C61H39N5. The summed E-state index contributed by atoms with van der Waals surface area (Å²) in [6, 6.07) is 80.3. The number of hydrogen-bond acceptors (Lipinski definition) is 5. The molecule has 0 amide bonds. The lowest BCUT2D eigenvalue weighted by Crippen LogP contribution is -1.96. The monoisotopic (exact) mass is 841 g/mol. The van der Waals surface area contributed by atoms with Gasteiger partial charge in [-0.25, -0.2) is 19.9 Å². The summed E-state index contributed by atoms with van der Waals surface area (Å²) in [4.78, 5) is 25.7. The molecule has 66 heavy (non-hydrogen) atoms. The first-order valence-corrected chi connectivity index (χ1v) is 22.1. The van der Waals surface area contributed by atoms with Gasteiger partial charge in [0.1, 0.15) is 0 Å². The summed E-state index contributed by atoms with van der Waals surface area (Å²) < 4.78 is 0. The SMILES string of the molecule is c1ccc(-c2ccc3ccc4c(-c5cccc(-c6cccc(-c7cc(-c8cccc(-c9cccc%10cccnc9%10)c8)nc(-c8ccccc8)n7)c6)c5)cc(-c5ccccc5)nc4c3n2)cc1. The average Bonchev–Trinajstić information content (AvgIpc) is 3.41. The maximum absolute atomic E-state index is 5.33. The highest BCUT2D eigenvalue weighted by molar-refractivity contribution is 6.10. The third-order valence-electron chi connectivity index (χ3n) is 12.3. The molecule has 0 saturated heterocycles. The molecule has 5 heteroatoms. The highest BCUT2D eigenvalue weighted by atomic mass is 14.9. The quantitative estimate of drug-likeness (QED) is 0.143. The van der Waals surface area contributed by atoms with Crippen molar-refractivity contribution in [3.8, 4) is 89.8 Å². The number of benzene rings is 8. The molecule has 0 N–H and O–H groups in total. The average molecular weight is 842 g/mol. The van der Waals surface area contributed by atoms with Crippen molar-refractivity contribution >= 4 is 32.7 Å². The second kappa shape index (κ2) is 16.6. The van der Waals surface area contributed by atoms with Gasteiger partial charge >= 0.3 is 0 Å². The van der Waals surface area contributed by atoms with Gasteiger partial charge in [-0.15, -0.1) is 0 Å². The van der Waals surface area contributed by atoms with Gasteiger partial charge in [-0.1, -0.05) is 188 Å². The summed E-state index contributed by atoms with van der Waals surface area (Å²) in [5, 5.41) is 3.21. The van der Waals surface area contributed by atoms with E-state index in [0.29, 0.717) is 5.82 Å². The van der Waals surface area contributed by atoms with Gasteiger partial charge in [-0.2, -0.15) is 0 Å². The first-order valence-electron chi connectivity index (χ1n) is 22.1. The summed E-state index contributed by atoms with van der Waals surface area (Å²) >= 11 is 0. The molecule has 308 valence electrons. The molecule has 0 aliphatic carbocycles. The molecule has 0 aliphatic heterocycles. The van der Waals surface area contributed by atoms with Crippen molar-refractivity contribution in [1.29, 1.82) is 0 Å². The van der Waals surface area contributed by atoms with E-state index in [9.17, 15) is 0 Å². The Kier molecular flexibility index (Phi) is 9.77. The Morgan fingerprint density at radius 3 is 1.42 bits per heavy atom. The molecule has 5 nitrogen and oxygen atoms in total. The summed E-state index contributed by atoms with van der Waals surface area (Å²) in [6.07, 6.45) is 1.85. The normalized spacial score (nSPS) is 11.3. The summed E-state index contributed by atoms with van der Waals surface area (Å²) in [5.41, 5.74) is 17.9. The molecule has 0 bridgehead atoms. The van der Waals surface area contributed by atoms with Crippen molar-refractivity contribution in [3.63, 3.8) is 0 Å². The Bertz CT molecular complexity index is 3750. The van der Waals surface area contributed by atoms with E-state index < -0.39 is 0 Å². The lowest BCUT2D eigenvalue weighted by Gasteiger charge is -2.14. The Labute approximate surface area is 382 Å². The zero-order valence-electron chi connectivity index (χ0n) is 35.8. The predicted octanol–water partition coefficient (Wildman–Crippen LogP) is 15.5. The highest BCUT2D eigenvalue weighted by Crippen LogP contribution is 2.39. The van der Waals surface area contributed by atoms with Gasteiger partial charge in [-0.3, -0.25) is 4.98 Å². The zero-order chi connectivity index (χ0) is 43.8. The predicted molar refractivity (Wildman–Crippen MR) is 271 cm³/mol. The van der Waals surface area contributed by atoms with Crippen molar-refractivity contribution in [2.45, 2.75) is 0 Å². The van der Waals surface area contributed by atoms with Crippen LogP contribution in [0.2, 0.25) is 0 Å². The minimum atomic E-state index is 0.671. The number of nitrogens with zero attached hydrogens (tertiary/aromatic N) is 5. The van der Waals surface area contributed by atoms with Crippen LogP contribution in [-0.4, -0.2) is 24.9 Å². The van der Waals surface area contributed by atoms with Crippen LogP contribution in [0.3, 0.4) is 0 Å². The van der Waals surface area contributed by atoms with E-state index >= 15 is 0 Å². The smallest absolute Gasteiger partial charge is 0.160 e. The van der Waals surface area contributed by atoms with Crippen LogP contribution in [0.15, 0.2) is 237 Å². The molecule has 12 rings (SSSR count). The number of aromatic nitrogens is 5. The fourth-order valence-corrected chi connectivity index (χ4v) is 9.00. The van der Waals surface area contributed by atoms with Gasteiger partial charge in [0.25, 0.3) is 0 Å². The molecule has 0 aliphatic rings. The van der Waals surface area contributed by atoms with Crippen molar-refractivity contribution in [2.75, 3.05) is 0 Å². The molecule has 0 atom stereocenters. The summed E-state index contributed by atoms with van der Waals surface area (Å²) in [6.45, 7) is 0. The summed E-state index contributed by atoms with van der Waals surface area (Å²) in [7, 11) is 0. The van der Waals surface area contributed by atoms with Crippen molar-refractivity contribution in [3.05, 3.63) is 237 Å². The number of fused-ring (bicyclic) bond motifs is 4. The molecule has 12 aromatic rings. The second-order valence-corrected chi connectivity index (χ2v) is 16.5. The molecule has 0 spiro atoms. The van der Waals surface area contributed by atoms with Crippen LogP contribution >= 0.6 is 0 Å². The lowest BCUT2D eigenvalue weighted by atomic mass is 9.93. The third-order valence-corrected chi connectivity index (χ3v) is 12.3. The minimum Gasteiger partial charge on any atom is -0.256 e. The molecular weight excluding hydrogens is 803 g/mol. The number of pyridine rings is 3. The van der Waals surface area contributed by atoms with Crippen molar-refractivity contribution in [2.24, 2.45) is 0 Å². The number of rotatable bonds is 8. The lowest BCUT2D eigenvalue weighted by molar-refractivity contribution is 1.18. The third kappa shape index (κ3) is 7.34. The van der Waals surface area contributed by atoms with E-state index in [4.69, 9.17) is 24.9 Å². The molecule has 0 saturated carbocycles. The maximum atomic E-state index is 5.33. The zero-order valence-corrected chi connectivity index (χ0v) is 35.8. The van der Waals surface area contributed by atoms with E-state index in [1.165, 1.54) is 0 Å². The van der Waals surface area contributed by atoms with Gasteiger partial charge in [0.2, 0.25) is 0 Å². The van der Waals surface area contributed by atoms with E-state index in [-0.39, 0.29) is 0 Å². The van der Waals surface area contributed by atoms with E-state index in [1.54, 1.807) is 0 Å². The standard InChI is InChI=1S/C61H39N5/c1-4-15-40(16-5-1)54-33-31-43-30-32-52-53(38-55(41-17-6-2-7-18-41)64-60(52)59(43)63-54)48-25-10-22-45(35-48)46-23-11-26-49(36-46)56-39-57(66-61(65-56)44-19-8-3-9-20-44)50-27-12-24-47(37-50)51-29-13-21-42-28-14-34-62-58(42)51/h1-39H. The summed E-state index contributed by atoms with van der Waals surface area (Å²) in [5.74, 6) is 0.671. The Balaban J connectivity index is 0.969. The molecule has 4 heterocycles. The van der Waals surface area contributed by atoms with Crippen LogP contribution in [0.4, 0.5) is 0 Å². The highest BCUT2D eigenvalue weighted by Gasteiger charge is 2.17. The topological polar surface area (TPSA) is 64.5 Å². The molecule has 8 aromatic carbocycles. The van der Waals surface area contributed by atoms with Crippen LogP contribution in [-0.2, 0) is 0 Å². The van der Waals surface area contributed by atoms with Crippen LogP contribution in [0.25, 0.3) is 123 Å². The Morgan fingerprint density at radius 1 is 0.242 bits per heavy atom. The van der Waals surface area contributed by atoms with Gasteiger partial charge in [-0.05, 0) is 70.3 Å². The molecule has 0 radical (unpaired) electrons. The van der Waals surface area contributed by atoms with Crippen LogP contribution in [0.5, 0.6) is 0 Å². The first-order chi connectivity index (χ1) is 32.7. The van der Waals surface area contributed by atoms with Crippen LogP contribution in [0, 0.1) is 0 Å². The van der Waals surface area contributed by atoms with Gasteiger partial charge < -0.3 is 0 Å². The van der Waals surface area contributed by atoms with Gasteiger partial charge in [0, 0.05) is 55.7 Å². The molecule has 4 aromatic heterocycles. The maximum Gasteiger partial charge on any atom is 0.160 e. The van der Waals surface area contributed by atoms with E-state index in [0.717, 1.165) is 117 Å². The van der Waals surface area contributed by atoms with Gasteiger partial charge in [0.15, 0.2) is 5.82 Å². The van der Waals surface area contributed by atoms with Crippen molar-refractivity contribution in [1.82, 2.24) is 24.9 Å². The second-order valence-electron chi connectivity index (χ2n) is 16.5. The van der Waals surface area contributed by atoms with E-state index in [1.807, 2.05) is 42.6 Å². The number of hydrogen-bond donors (Lipinski definition) is 0. The van der Waals surface area contributed by atoms with Crippen LogP contribution in [0.1, 0.15) is 0 Å². The fraction of sp³-hybridized carbons (Fsp3) is 0. The molecule has 0 fully saturated rings. The van der Waals surface area contributed by atoms with E-state index in [2.05, 4.69) is 194 Å². The largest absolute Gasteiger partial charge is 0.256 e. The minimum absolute atomic E-state index is 0.671. The number of para-hydroxylation sites is 1. The Hall–Kier alpha value is -8.93. The fourth-order valence-electron chi connectivity index (χ4n) is 9.00. The van der Waals surface area contributed by atoms with Crippen molar-refractivity contribution < 1.29 is 0 Å². The first kappa shape index (κ1) is 38.7. The van der Waals surface area contributed by atoms with Gasteiger partial charge in [0.05, 0.1) is 39.3 Å².